The Kier molecular flexibility index (Phi) is 2.00. The van der Waals surface area contributed by atoms with Gasteiger partial charge in [-0.2, -0.15) is 5.06 Å². The van der Waals surface area contributed by atoms with Crippen molar-refractivity contribution in [2.45, 2.75) is 38.9 Å². The Hall–Kier alpha value is -0.880. The summed E-state index contributed by atoms with van der Waals surface area (Å²) in [6, 6.07) is 0. The van der Waals surface area contributed by atoms with Gasteiger partial charge in [0.2, 0.25) is 0 Å². The van der Waals surface area contributed by atoms with Crippen molar-refractivity contribution in [2.75, 3.05) is 6.54 Å². The maximum Gasteiger partial charge on any atom is 0.169 e. The Balaban J connectivity index is 3.07. The Morgan fingerprint density at radius 3 is 2.00 bits per heavy atom. The molecule has 6 heteroatoms. The zero-order valence-corrected chi connectivity index (χ0v) is 8.31. The van der Waals surface area contributed by atoms with Crippen LogP contribution in [-0.4, -0.2) is 38.1 Å². The molecule has 0 atom stereocenters. The Morgan fingerprint density at radius 1 is 1.38 bits per heavy atom. The molecule has 1 rings (SSSR count). The maximum absolute atomic E-state index is 10.8. The lowest BCUT2D eigenvalue weighted by molar-refractivity contribution is -0.689. The molecule has 0 radical (unpaired) electrons. The van der Waals surface area contributed by atoms with Gasteiger partial charge in [-0.05, 0) is 27.7 Å². The fourth-order valence-corrected chi connectivity index (χ4v) is 1.90. The van der Waals surface area contributed by atoms with Crippen LogP contribution in [0.2, 0.25) is 0 Å². The highest BCUT2D eigenvalue weighted by Crippen LogP contribution is 2.35. The average Bonchev–Trinajstić information content (AvgIpc) is 1.96. The zero-order valence-electron chi connectivity index (χ0n) is 8.31. The molecule has 13 heavy (non-hydrogen) atoms. The van der Waals surface area contributed by atoms with Gasteiger partial charge in [-0.15, -0.1) is 0 Å². The largest absolute Gasteiger partial charge is 0.311 e. The van der Waals surface area contributed by atoms with Crippen LogP contribution < -0.4 is 0 Å². The third-order valence-electron chi connectivity index (χ3n) is 2.42. The molecule has 0 bridgehead atoms. The van der Waals surface area contributed by atoms with E-state index in [-0.39, 0.29) is 6.54 Å². The first-order valence-electron chi connectivity index (χ1n) is 4.11. The third kappa shape index (κ3) is 1.36. The smallest absolute Gasteiger partial charge is 0.169 e. The van der Waals surface area contributed by atoms with Crippen LogP contribution in [0.5, 0.6) is 0 Å². The summed E-state index contributed by atoms with van der Waals surface area (Å²) in [6.07, 6.45) is 0. The molecule has 0 aliphatic carbocycles. The van der Waals surface area contributed by atoms with E-state index in [0.717, 1.165) is 10.1 Å². The molecule has 1 aliphatic heterocycles. The first-order valence-corrected chi connectivity index (χ1v) is 4.11. The van der Waals surface area contributed by atoms with Crippen molar-refractivity contribution in [1.29, 1.82) is 0 Å². The van der Waals surface area contributed by atoms with Crippen LogP contribution in [0.4, 0.5) is 0 Å². The second-order valence-electron chi connectivity index (χ2n) is 4.41. The average molecular weight is 189 g/mol. The summed E-state index contributed by atoms with van der Waals surface area (Å²) in [5, 5.41) is 21.9. The number of hydrazine groups is 1. The molecular formula is C7H15N3O3. The fourth-order valence-electron chi connectivity index (χ4n) is 1.90. The van der Waals surface area contributed by atoms with Gasteiger partial charge in [0.05, 0.1) is 6.54 Å². The summed E-state index contributed by atoms with van der Waals surface area (Å²) in [5.74, 6) is 0. The predicted molar refractivity (Wildman–Crippen MR) is 45.5 cm³/mol. The van der Waals surface area contributed by atoms with Crippen molar-refractivity contribution in [3.63, 3.8) is 0 Å². The van der Waals surface area contributed by atoms with Crippen LogP contribution >= 0.6 is 0 Å². The van der Waals surface area contributed by atoms with Crippen molar-refractivity contribution >= 4 is 0 Å². The van der Waals surface area contributed by atoms with E-state index in [1.807, 2.05) is 0 Å². The van der Waals surface area contributed by atoms with E-state index >= 15 is 0 Å². The van der Waals surface area contributed by atoms with E-state index in [9.17, 15) is 15.3 Å². The molecule has 0 aromatic carbocycles. The van der Waals surface area contributed by atoms with Crippen LogP contribution in [-0.2, 0) is 0 Å². The maximum atomic E-state index is 10.8. The van der Waals surface area contributed by atoms with Gasteiger partial charge < -0.3 is 5.21 Å². The minimum Gasteiger partial charge on any atom is -0.311 e. The van der Waals surface area contributed by atoms with Gasteiger partial charge in [-0.1, -0.05) is 5.01 Å². The molecule has 1 aliphatic rings. The van der Waals surface area contributed by atoms with E-state index < -0.39 is 16.2 Å². The standard InChI is InChI=1S/C7H15N3O3/c1-6(2)5-8(11)7(3,4)9(6)10(12)13/h11H,5H2,1-4H3. The van der Waals surface area contributed by atoms with Crippen LogP contribution in [0.25, 0.3) is 0 Å². The van der Waals surface area contributed by atoms with Crippen molar-refractivity contribution in [3.8, 4) is 0 Å². The van der Waals surface area contributed by atoms with Crippen molar-refractivity contribution in [1.82, 2.24) is 10.1 Å². The highest BCUT2D eigenvalue weighted by molar-refractivity contribution is 4.94. The van der Waals surface area contributed by atoms with Gasteiger partial charge >= 0.3 is 0 Å². The number of hydrogen-bond acceptors (Lipinski definition) is 4. The summed E-state index contributed by atoms with van der Waals surface area (Å²) in [4.78, 5) is 10.8. The Morgan fingerprint density at radius 2 is 1.85 bits per heavy atom. The number of hydrogen-bond donors (Lipinski definition) is 1. The molecule has 0 spiro atoms. The molecule has 0 saturated carbocycles. The summed E-state index contributed by atoms with van der Waals surface area (Å²) in [5.41, 5.74) is -1.60. The summed E-state index contributed by atoms with van der Waals surface area (Å²) >= 11 is 0. The molecule has 0 amide bonds. The van der Waals surface area contributed by atoms with Crippen LogP contribution in [0.15, 0.2) is 0 Å². The fraction of sp³-hybridized carbons (Fsp3) is 1.00. The van der Waals surface area contributed by atoms with Crippen LogP contribution in [0.3, 0.4) is 0 Å². The molecule has 6 nitrogen and oxygen atoms in total. The number of nitro groups is 1. The SMILES string of the molecule is CC1(C)CN(O)C(C)(C)N1[N+](=O)[O-]. The Labute approximate surface area is 76.8 Å². The zero-order chi connectivity index (χ0) is 10.4. The topological polar surface area (TPSA) is 69.8 Å². The normalized spacial score (nSPS) is 26.4. The first-order chi connectivity index (χ1) is 5.69. The van der Waals surface area contributed by atoms with Crippen molar-refractivity contribution in [2.24, 2.45) is 0 Å². The highest BCUT2D eigenvalue weighted by atomic mass is 16.7. The molecule has 1 heterocycles. The molecular weight excluding hydrogens is 174 g/mol. The van der Waals surface area contributed by atoms with Gasteiger partial charge in [-0.3, -0.25) is 0 Å². The second kappa shape index (κ2) is 2.55. The highest BCUT2D eigenvalue weighted by Gasteiger charge is 2.56. The molecule has 0 aromatic rings. The quantitative estimate of drug-likeness (QED) is 0.485. The van der Waals surface area contributed by atoms with E-state index in [1.54, 1.807) is 27.7 Å². The monoisotopic (exact) mass is 189 g/mol. The Bertz CT molecular complexity index is 239. The van der Waals surface area contributed by atoms with Crippen LogP contribution in [0.1, 0.15) is 27.7 Å². The molecule has 1 N–H and O–H groups in total. The predicted octanol–water partition coefficient (Wildman–Crippen LogP) is 0.700. The minimum atomic E-state index is -0.951. The second-order valence-corrected chi connectivity index (χ2v) is 4.41. The van der Waals surface area contributed by atoms with Gasteiger partial charge in [-0.25, -0.2) is 10.1 Å². The lowest BCUT2D eigenvalue weighted by atomic mass is 10.1. The summed E-state index contributed by atoms with van der Waals surface area (Å²) in [7, 11) is 0. The molecule has 76 valence electrons. The lowest BCUT2D eigenvalue weighted by Gasteiger charge is -2.31. The number of hydroxylamine groups is 2. The van der Waals surface area contributed by atoms with Gasteiger partial charge in [0.15, 0.2) is 10.7 Å². The summed E-state index contributed by atoms with van der Waals surface area (Å²) < 4.78 is 0. The van der Waals surface area contributed by atoms with E-state index in [0.29, 0.717) is 0 Å². The van der Waals surface area contributed by atoms with Crippen molar-refractivity contribution < 1.29 is 10.2 Å². The summed E-state index contributed by atoms with van der Waals surface area (Å²) in [6.45, 7) is 6.96. The first kappa shape index (κ1) is 10.2. The van der Waals surface area contributed by atoms with Crippen LogP contribution in [0, 0.1) is 10.1 Å². The van der Waals surface area contributed by atoms with Gasteiger partial charge in [0, 0.05) is 0 Å². The number of nitrogens with zero attached hydrogens (tertiary/aromatic N) is 3. The molecule has 0 aromatic heterocycles. The van der Waals surface area contributed by atoms with Crippen molar-refractivity contribution in [3.05, 3.63) is 10.1 Å². The van der Waals surface area contributed by atoms with E-state index in [2.05, 4.69) is 0 Å². The molecule has 1 saturated heterocycles. The molecule has 1 fully saturated rings. The minimum absolute atomic E-state index is 0.265. The van der Waals surface area contributed by atoms with E-state index in [4.69, 9.17) is 0 Å². The number of rotatable bonds is 1. The van der Waals surface area contributed by atoms with Gasteiger partial charge in [0.25, 0.3) is 0 Å². The molecule has 0 unspecified atom stereocenters. The van der Waals surface area contributed by atoms with E-state index in [1.165, 1.54) is 0 Å². The third-order valence-corrected chi connectivity index (χ3v) is 2.42. The lowest BCUT2D eigenvalue weighted by Crippen LogP contribution is -2.54. The van der Waals surface area contributed by atoms with Gasteiger partial charge in [0.1, 0.15) is 5.54 Å².